The highest BCUT2D eigenvalue weighted by Gasteiger charge is 2.41. The Kier molecular flexibility index (Phi) is 10.1. The average Bonchev–Trinajstić information content (AvgIpc) is 2.89. The molecule has 0 radical (unpaired) electrons. The van der Waals surface area contributed by atoms with Crippen molar-refractivity contribution in [3.63, 3.8) is 0 Å². The molecule has 202 valence electrons. The fourth-order valence-electron chi connectivity index (χ4n) is 3.04. The lowest BCUT2D eigenvalue weighted by Gasteiger charge is -2.24. The lowest BCUT2D eigenvalue weighted by molar-refractivity contribution is -0.159. The molecule has 0 fully saturated rings. The van der Waals surface area contributed by atoms with Crippen LogP contribution in [-0.4, -0.2) is 47.0 Å². The number of hydrogen-bond donors (Lipinski definition) is 3. The first-order valence-electron chi connectivity index (χ1n) is 10.7. The van der Waals surface area contributed by atoms with E-state index in [9.17, 15) is 29.1 Å². The second-order valence-electron chi connectivity index (χ2n) is 7.52. The number of carbonyl (C=O) groups excluding carboxylic acids is 4. The van der Waals surface area contributed by atoms with E-state index in [2.05, 4.69) is 0 Å². The minimum absolute atomic E-state index is 0.0481. The van der Waals surface area contributed by atoms with Gasteiger partial charge in [0.05, 0.1) is 31.8 Å². The van der Waals surface area contributed by atoms with E-state index in [0.717, 1.165) is 0 Å². The molecule has 3 rings (SSSR count). The third-order valence-corrected chi connectivity index (χ3v) is 6.11. The summed E-state index contributed by atoms with van der Waals surface area (Å²) in [6, 6.07) is 15.1. The largest absolute Gasteiger partial charge is 0.478 e. The fraction of sp³-hybridized carbons (Fsp3) is 0.0800. The number of ether oxygens (including phenoxy) is 2. The lowest BCUT2D eigenvalue weighted by atomic mass is 10.1. The topological polar surface area (TPSA) is 148 Å². The van der Waals surface area contributed by atoms with Crippen LogP contribution < -0.4 is 10.9 Å². The molecular formula is C25H16Cl4N2O8. The van der Waals surface area contributed by atoms with Crippen LogP contribution in [0.15, 0.2) is 66.7 Å². The SMILES string of the molecule is O=C(NNC(=O)[C@H](OC(=O)c1ccccc1Cl)[C@H](OC(=O)c1ccccc1Cl)C(=O)O)c1ccc(Cl)cc1Cl. The summed E-state index contributed by atoms with van der Waals surface area (Å²) in [4.78, 5) is 63.1. The van der Waals surface area contributed by atoms with Gasteiger partial charge in [0.15, 0.2) is 0 Å². The minimum Gasteiger partial charge on any atom is -0.478 e. The molecule has 2 amide bonds. The summed E-state index contributed by atoms with van der Waals surface area (Å²) in [5.41, 5.74) is 3.43. The number of hydrazine groups is 1. The number of esters is 2. The van der Waals surface area contributed by atoms with Gasteiger partial charge in [-0.25, -0.2) is 14.4 Å². The molecule has 2 atom stereocenters. The summed E-state index contributed by atoms with van der Waals surface area (Å²) in [6.07, 6.45) is -4.69. The third-order valence-electron chi connectivity index (χ3n) is 4.91. The number of carbonyl (C=O) groups is 5. The highest BCUT2D eigenvalue weighted by atomic mass is 35.5. The Morgan fingerprint density at radius 2 is 1.15 bits per heavy atom. The molecule has 0 saturated carbocycles. The van der Waals surface area contributed by atoms with Crippen molar-refractivity contribution in [1.29, 1.82) is 0 Å². The normalized spacial score (nSPS) is 12.0. The molecule has 0 unspecified atom stereocenters. The zero-order valence-corrected chi connectivity index (χ0v) is 22.3. The van der Waals surface area contributed by atoms with E-state index in [1.54, 1.807) is 0 Å². The van der Waals surface area contributed by atoms with Crippen molar-refractivity contribution >= 4 is 76.1 Å². The van der Waals surface area contributed by atoms with Crippen LogP contribution in [0.1, 0.15) is 31.1 Å². The summed E-state index contributed by atoms with van der Waals surface area (Å²) >= 11 is 23.8. The predicted octanol–water partition coefficient (Wildman–Crippen LogP) is 4.60. The van der Waals surface area contributed by atoms with Crippen molar-refractivity contribution in [2.45, 2.75) is 12.2 Å². The zero-order chi connectivity index (χ0) is 28.7. The molecule has 0 spiro atoms. The average molecular weight is 614 g/mol. The van der Waals surface area contributed by atoms with E-state index >= 15 is 0 Å². The monoisotopic (exact) mass is 612 g/mol. The van der Waals surface area contributed by atoms with Crippen molar-refractivity contribution in [2.75, 3.05) is 0 Å². The highest BCUT2D eigenvalue weighted by molar-refractivity contribution is 6.37. The number of carboxylic acids is 1. The van der Waals surface area contributed by atoms with Gasteiger partial charge in [-0.15, -0.1) is 0 Å². The Hall–Kier alpha value is -3.83. The molecule has 39 heavy (non-hydrogen) atoms. The highest BCUT2D eigenvalue weighted by Crippen LogP contribution is 2.22. The summed E-state index contributed by atoms with van der Waals surface area (Å²) < 4.78 is 10.1. The van der Waals surface area contributed by atoms with Crippen LogP contribution >= 0.6 is 46.4 Å². The van der Waals surface area contributed by atoms with Gasteiger partial charge in [-0.2, -0.15) is 0 Å². The van der Waals surface area contributed by atoms with E-state index in [4.69, 9.17) is 55.9 Å². The van der Waals surface area contributed by atoms with E-state index in [-0.39, 0.29) is 36.8 Å². The van der Waals surface area contributed by atoms with Crippen molar-refractivity contribution in [3.05, 3.63) is 104 Å². The summed E-state index contributed by atoms with van der Waals surface area (Å²) in [7, 11) is 0. The number of nitrogens with one attached hydrogen (secondary N) is 2. The molecule has 3 aromatic carbocycles. The summed E-state index contributed by atoms with van der Waals surface area (Å²) in [6.45, 7) is 0. The molecule has 0 aliphatic heterocycles. The van der Waals surface area contributed by atoms with Crippen LogP contribution in [0.3, 0.4) is 0 Å². The maximum atomic E-state index is 13.0. The molecule has 3 N–H and O–H groups in total. The number of amides is 2. The van der Waals surface area contributed by atoms with Gasteiger partial charge in [0.2, 0.25) is 12.2 Å². The van der Waals surface area contributed by atoms with Crippen LogP contribution in [0.2, 0.25) is 20.1 Å². The van der Waals surface area contributed by atoms with E-state index in [0.29, 0.717) is 0 Å². The minimum atomic E-state index is -2.38. The Balaban J connectivity index is 1.88. The predicted molar refractivity (Wildman–Crippen MR) is 141 cm³/mol. The van der Waals surface area contributed by atoms with Crippen molar-refractivity contribution < 1.29 is 38.6 Å². The number of halogens is 4. The van der Waals surface area contributed by atoms with E-state index in [1.807, 2.05) is 10.9 Å². The number of benzene rings is 3. The molecule has 3 aromatic rings. The van der Waals surface area contributed by atoms with Crippen LogP contribution in [0, 0.1) is 0 Å². The first kappa shape index (κ1) is 29.7. The molecule has 0 aliphatic carbocycles. The number of rotatable bonds is 8. The second-order valence-corrected chi connectivity index (χ2v) is 9.18. The maximum Gasteiger partial charge on any atom is 0.349 e. The van der Waals surface area contributed by atoms with E-state index < -0.39 is 41.9 Å². The molecule has 10 nitrogen and oxygen atoms in total. The Bertz CT molecular complexity index is 1450. The number of carboxylic acid groups (broad SMARTS) is 1. The second kappa shape index (κ2) is 13.3. The van der Waals surface area contributed by atoms with Gasteiger partial charge in [-0.3, -0.25) is 20.4 Å². The van der Waals surface area contributed by atoms with Crippen LogP contribution in [0.5, 0.6) is 0 Å². The Morgan fingerprint density at radius 1 is 0.641 bits per heavy atom. The van der Waals surface area contributed by atoms with Crippen LogP contribution in [0.25, 0.3) is 0 Å². The first-order chi connectivity index (χ1) is 18.5. The van der Waals surface area contributed by atoms with Crippen LogP contribution in [-0.2, 0) is 19.1 Å². The van der Waals surface area contributed by atoms with Gasteiger partial charge in [-0.1, -0.05) is 70.7 Å². The molecular weight excluding hydrogens is 598 g/mol. The smallest absolute Gasteiger partial charge is 0.349 e. The summed E-state index contributed by atoms with van der Waals surface area (Å²) in [5, 5.41) is 9.86. The van der Waals surface area contributed by atoms with Gasteiger partial charge >= 0.3 is 17.9 Å². The van der Waals surface area contributed by atoms with Crippen LogP contribution in [0.4, 0.5) is 0 Å². The quantitative estimate of drug-likeness (QED) is 0.247. The molecule has 14 heteroatoms. The van der Waals surface area contributed by atoms with Gasteiger partial charge in [0.1, 0.15) is 0 Å². The first-order valence-corrected chi connectivity index (χ1v) is 12.2. The maximum absolute atomic E-state index is 13.0. The van der Waals surface area contributed by atoms with Gasteiger partial charge in [0, 0.05) is 5.02 Å². The Labute approximate surface area is 240 Å². The van der Waals surface area contributed by atoms with Crippen molar-refractivity contribution in [1.82, 2.24) is 10.9 Å². The van der Waals surface area contributed by atoms with E-state index in [1.165, 1.54) is 66.7 Å². The van der Waals surface area contributed by atoms with Gasteiger partial charge in [0.25, 0.3) is 11.8 Å². The molecule has 0 aromatic heterocycles. The van der Waals surface area contributed by atoms with Crippen molar-refractivity contribution in [3.8, 4) is 0 Å². The van der Waals surface area contributed by atoms with Gasteiger partial charge < -0.3 is 14.6 Å². The van der Waals surface area contributed by atoms with Crippen molar-refractivity contribution in [2.24, 2.45) is 0 Å². The summed E-state index contributed by atoms with van der Waals surface area (Å²) in [5.74, 6) is -6.58. The Morgan fingerprint density at radius 3 is 1.64 bits per heavy atom. The lowest BCUT2D eigenvalue weighted by Crippen LogP contribution is -2.54. The molecule has 0 heterocycles. The zero-order valence-electron chi connectivity index (χ0n) is 19.3. The molecule has 0 bridgehead atoms. The third kappa shape index (κ3) is 7.61. The van der Waals surface area contributed by atoms with Gasteiger partial charge in [-0.05, 0) is 42.5 Å². The molecule has 0 saturated heterocycles. The standard InChI is InChI=1S/C25H16Cl4N2O8/c26-12-9-10-13(18(29)11-12)21(32)30-31-22(33)19(38-24(36)14-5-1-3-7-16(14)27)20(23(34)35)39-25(37)15-6-2-4-8-17(15)28/h1-11,19-20H,(H,30,32)(H,31,33)(H,34,35)/t19-,20+/m1/s1. The fourth-order valence-corrected chi connectivity index (χ4v) is 3.96. The molecule has 0 aliphatic rings. The number of aliphatic carboxylic acids is 1. The number of hydrogen-bond acceptors (Lipinski definition) is 7.